The Hall–Kier alpha value is -10.4. The highest BCUT2D eigenvalue weighted by atomic mass is 35.5. The minimum Gasteiger partial charge on any atom is -0.427 e. The molecule has 16 aromatic rings. The van der Waals surface area contributed by atoms with Crippen LogP contribution in [0.2, 0.25) is 60.6 Å². The third-order valence-electron chi connectivity index (χ3n) is 25.2. The molecule has 143 heavy (non-hydrogen) atoms. The molecular weight excluding hydrogens is 1850 g/mol. The number of nitrogens with two attached hydrogens (primary N) is 2. The molecule has 38 heteroatoms. The van der Waals surface area contributed by atoms with Gasteiger partial charge in [0.2, 0.25) is 0 Å². The molecule has 0 aliphatic carbocycles. The lowest BCUT2D eigenvalue weighted by Gasteiger charge is -2.06. The summed E-state index contributed by atoms with van der Waals surface area (Å²) in [7, 11) is -9.39. The number of nitriles is 1. The molecule has 20 N–H and O–H groups in total. The van der Waals surface area contributed by atoms with Gasteiger partial charge in [-0.05, 0) is 290 Å². The van der Waals surface area contributed by atoms with E-state index in [1.165, 1.54) is 72.3 Å². The summed E-state index contributed by atoms with van der Waals surface area (Å²) in [4.78, 5) is 0. The minimum absolute atomic E-state index is 0.223. The predicted molar refractivity (Wildman–Crippen MR) is 590 cm³/mol. The van der Waals surface area contributed by atoms with E-state index in [1.54, 1.807) is 6.07 Å². The molecule has 8 heterocycles. The Bertz CT molecular complexity index is 6200. The number of benzene rings is 8. The zero-order chi connectivity index (χ0) is 103. The number of hydrogen-bond donors (Lipinski definition) is 18. The van der Waals surface area contributed by atoms with Crippen LogP contribution < -0.4 is 11.5 Å². The van der Waals surface area contributed by atoms with Gasteiger partial charge in [-0.3, -0.25) is 0 Å². The molecule has 0 unspecified atom stereocenters. The predicted octanol–water partition coefficient (Wildman–Crippen LogP) is 18.6. The standard InChI is InChI=1S/C14H17BN2O2.C14H20BNO2.2C13H17BClNO2.2C13H19BN2O2.C13H18BNO2.C12H15BFNO2/c16-11-12-4-5-14-13(10-12)6-9-17(14)8-3-1-2-7-15(18)19;1-12-6-5-7-14-13(12)8-11-16(14)10-4-2-3-9-15(17)18;15-12-5-4-11-6-9-16(13(11)10-12)8-3-1-2-7-14(17)18;15-12-5-4-6-13-11(12)7-10-16(13)9-3-1-2-8-14(17)18;2*15-12-4-5-13-11(10-12)6-9-16(13)8-3-1-2-7-14(17)18;1-11-5-4-6-13-12(11)7-10-15(13)9-3-2-8-14(16)17;14-11-3-4-12-10(9-11)5-8-15(12)7-2-1-6-13(16)17/h4-6,9-10,18-19H,1-3,7-8H2;5-8,11,17-18H,2-4,9-10H2,1H3;4-6,9-10,17-18H,1-3,7-8H2;4-7,10,17-18H,1-3,8-9H2;2*4-6,9-10,17-18H,1-3,7-8,15H2;4-7,10,16-17H,2-3,8-9H2,1H3;3-5,8-9,16-17H,1-2,6-7H2. The normalized spacial score (nSPS) is 11.0. The summed E-state index contributed by atoms with van der Waals surface area (Å²) in [6.07, 6.45) is 40.9. The molecule has 0 saturated heterocycles. The van der Waals surface area contributed by atoms with Gasteiger partial charge in [0.05, 0.1) is 11.6 Å². The summed E-state index contributed by atoms with van der Waals surface area (Å²) in [5, 5.41) is 160. The quantitative estimate of drug-likeness (QED) is 0.00957. The van der Waals surface area contributed by atoms with Gasteiger partial charge in [0, 0.05) is 205 Å². The van der Waals surface area contributed by atoms with Crippen LogP contribution in [0.15, 0.2) is 244 Å². The molecular formula is C105H142B8Cl2FN11O16. The van der Waals surface area contributed by atoms with E-state index in [0.29, 0.717) is 56.1 Å². The van der Waals surface area contributed by atoms with Crippen LogP contribution in [0.4, 0.5) is 15.8 Å². The van der Waals surface area contributed by atoms with Crippen molar-refractivity contribution >= 4 is 179 Å². The fraction of sp³-hybridized carbons (Fsp3) is 0.381. The van der Waals surface area contributed by atoms with Crippen LogP contribution in [0.5, 0.6) is 0 Å². The van der Waals surface area contributed by atoms with E-state index < -0.39 is 56.9 Å². The summed E-state index contributed by atoms with van der Waals surface area (Å²) >= 11 is 12.1. The van der Waals surface area contributed by atoms with Crippen molar-refractivity contribution in [2.24, 2.45) is 0 Å². The second kappa shape index (κ2) is 63.1. The largest absolute Gasteiger partial charge is 0.451 e. The molecule has 8 aromatic carbocycles. The Morgan fingerprint density at radius 2 is 0.524 bits per heavy atom. The average Bonchev–Trinajstić information content (AvgIpc) is 1.68. The zero-order valence-electron chi connectivity index (χ0n) is 82.6. The number of aryl methyl sites for hydroxylation is 10. The first-order valence-electron chi connectivity index (χ1n) is 50.3. The maximum Gasteiger partial charge on any atom is 0.451 e. The lowest BCUT2D eigenvalue weighted by atomic mass is 9.83. The number of fused-ring (bicyclic) bond motifs is 8. The van der Waals surface area contributed by atoms with E-state index in [0.717, 1.165) is 253 Å². The first-order chi connectivity index (χ1) is 68.9. The monoisotopic (exact) mass is 1990 g/mol. The van der Waals surface area contributed by atoms with Crippen LogP contribution in [0.3, 0.4) is 0 Å². The average molecular weight is 1990 g/mol. The Labute approximate surface area is 851 Å². The highest BCUT2D eigenvalue weighted by molar-refractivity contribution is 6.43. The lowest BCUT2D eigenvalue weighted by Crippen LogP contribution is -2.10. The molecule has 8 aromatic heterocycles. The van der Waals surface area contributed by atoms with E-state index in [2.05, 4.69) is 166 Å². The topological polar surface area (TPSA) is 439 Å². The van der Waals surface area contributed by atoms with Crippen molar-refractivity contribution < 1.29 is 84.8 Å². The fourth-order valence-corrected chi connectivity index (χ4v) is 17.9. The van der Waals surface area contributed by atoms with Gasteiger partial charge in [-0.15, -0.1) is 0 Å². The van der Waals surface area contributed by atoms with Crippen LogP contribution in [-0.4, -0.2) is 174 Å². The Kier molecular flexibility index (Phi) is 51.2. The third-order valence-corrected chi connectivity index (χ3v) is 25.7. The van der Waals surface area contributed by atoms with Gasteiger partial charge in [0.1, 0.15) is 5.82 Å². The summed E-state index contributed by atoms with van der Waals surface area (Å²) in [6.45, 7) is 11.7. The van der Waals surface area contributed by atoms with Crippen LogP contribution in [-0.2, 0) is 52.4 Å². The van der Waals surface area contributed by atoms with Crippen LogP contribution in [0.1, 0.15) is 158 Å². The molecule has 0 aliphatic heterocycles. The van der Waals surface area contributed by atoms with E-state index in [-0.39, 0.29) is 5.82 Å². The van der Waals surface area contributed by atoms with Crippen molar-refractivity contribution in [2.45, 2.75) is 258 Å². The molecule has 0 spiro atoms. The molecule has 758 valence electrons. The Balaban J connectivity index is 0.000000182. The van der Waals surface area contributed by atoms with E-state index >= 15 is 0 Å². The smallest absolute Gasteiger partial charge is 0.427 e. The zero-order valence-corrected chi connectivity index (χ0v) is 84.1. The molecule has 0 atom stereocenters. The van der Waals surface area contributed by atoms with Gasteiger partial charge in [-0.1, -0.05) is 149 Å². The van der Waals surface area contributed by atoms with E-state index in [4.69, 9.17) is 120 Å². The van der Waals surface area contributed by atoms with E-state index in [1.807, 2.05) is 116 Å². The first-order valence-corrected chi connectivity index (χ1v) is 51.1. The number of nitrogen functional groups attached to an aromatic ring is 2. The highest BCUT2D eigenvalue weighted by Gasteiger charge is 2.16. The second-order valence-corrected chi connectivity index (χ2v) is 37.5. The molecule has 0 fully saturated rings. The highest BCUT2D eigenvalue weighted by Crippen LogP contribution is 2.30. The molecule has 27 nitrogen and oxygen atoms in total. The van der Waals surface area contributed by atoms with Crippen molar-refractivity contribution in [3.63, 3.8) is 0 Å². The van der Waals surface area contributed by atoms with Gasteiger partial charge < -0.3 is 128 Å². The molecule has 16 rings (SSSR count). The number of anilines is 2. The number of nitrogens with zero attached hydrogens (tertiary/aromatic N) is 9. The Morgan fingerprint density at radius 3 is 0.867 bits per heavy atom. The van der Waals surface area contributed by atoms with Crippen molar-refractivity contribution in [1.82, 2.24) is 36.5 Å². The van der Waals surface area contributed by atoms with Gasteiger partial charge in [-0.2, -0.15) is 5.26 Å². The molecule has 0 amide bonds. The van der Waals surface area contributed by atoms with Gasteiger partial charge >= 0.3 is 56.9 Å². The number of unbranched alkanes of at least 4 members (excludes halogenated alkanes) is 14. The lowest BCUT2D eigenvalue weighted by molar-refractivity contribution is 0.400. The number of hydrogen-bond acceptors (Lipinski definition) is 19. The van der Waals surface area contributed by atoms with Crippen molar-refractivity contribution in [2.75, 3.05) is 11.5 Å². The maximum absolute atomic E-state index is 13.0. The van der Waals surface area contributed by atoms with Crippen LogP contribution in [0.25, 0.3) is 87.2 Å². The van der Waals surface area contributed by atoms with Crippen molar-refractivity contribution in [1.29, 1.82) is 5.26 Å². The van der Waals surface area contributed by atoms with Crippen molar-refractivity contribution in [3.8, 4) is 6.07 Å². The number of halogens is 3. The molecule has 0 radical (unpaired) electrons. The SMILES string of the molecule is Cc1cccc2c1ccn2CCCCB(O)O.Cc1cccc2c1ccn2CCCCCB(O)O.N#Cc1ccc2c(ccn2CCCCCB(O)O)c1.Nc1ccc2c(ccn2CCCCCB(O)O)c1.Nc1ccc2c(ccn2CCCCCB(O)O)c1.OB(O)CCCCCn1ccc2c(Cl)cccc21.OB(O)CCCCCn1ccc2ccc(Cl)cc21.OB(O)CCCCn1ccc2cc(F)ccc21. The van der Waals surface area contributed by atoms with Gasteiger partial charge in [0.15, 0.2) is 0 Å². The molecule has 0 aliphatic rings. The fourth-order valence-electron chi connectivity index (χ4n) is 17.5. The first kappa shape index (κ1) is 116. The number of aromatic nitrogens is 8. The third kappa shape index (κ3) is 40.8. The van der Waals surface area contributed by atoms with Crippen molar-refractivity contribution in [3.05, 3.63) is 276 Å². The second-order valence-electron chi connectivity index (χ2n) is 36.6. The van der Waals surface area contributed by atoms with Gasteiger partial charge in [0.25, 0.3) is 0 Å². The molecule has 0 saturated carbocycles. The summed E-state index contributed by atoms with van der Waals surface area (Å²) in [6, 6.07) is 65.5. The van der Waals surface area contributed by atoms with Crippen LogP contribution >= 0.6 is 23.2 Å². The summed E-state index contributed by atoms with van der Waals surface area (Å²) < 4.78 is 30.5. The van der Waals surface area contributed by atoms with Crippen LogP contribution in [0, 0.1) is 31.0 Å². The summed E-state index contributed by atoms with van der Waals surface area (Å²) in [5.74, 6) is -0.223. The summed E-state index contributed by atoms with van der Waals surface area (Å²) in [5.41, 5.74) is 25.8. The minimum atomic E-state index is -1.22. The molecule has 0 bridgehead atoms. The number of rotatable bonds is 46. The van der Waals surface area contributed by atoms with Gasteiger partial charge in [-0.25, -0.2) is 4.39 Å². The maximum atomic E-state index is 13.0. The Morgan fingerprint density at radius 1 is 0.259 bits per heavy atom. The van der Waals surface area contributed by atoms with E-state index in [9.17, 15) is 4.39 Å².